The van der Waals surface area contributed by atoms with Crippen LogP contribution in [0, 0.1) is 5.82 Å². The third-order valence-electron chi connectivity index (χ3n) is 3.46. The molecule has 1 N–H and O–H groups in total. The molecule has 0 atom stereocenters. The smallest absolute Gasteiger partial charge is 0.224 e. The molecule has 1 aliphatic rings. The van der Waals surface area contributed by atoms with Crippen LogP contribution >= 0.6 is 0 Å². The number of rotatable bonds is 5. The van der Waals surface area contributed by atoms with Crippen molar-refractivity contribution in [3.63, 3.8) is 0 Å². The van der Waals surface area contributed by atoms with E-state index < -0.39 is 0 Å². The largest absolute Gasteiger partial charge is 0.355 e. The fraction of sp³-hybridized carbons (Fsp3) is 0.438. The highest BCUT2D eigenvalue weighted by molar-refractivity contribution is 5.78. The number of likely N-dealkylation sites (N-methyl/N-ethyl adjacent to an activating group) is 1. The Hall–Kier alpha value is -1.68. The van der Waals surface area contributed by atoms with E-state index in [1.807, 2.05) is 0 Å². The van der Waals surface area contributed by atoms with Crippen LogP contribution in [0.5, 0.6) is 0 Å². The Morgan fingerprint density at radius 1 is 1.35 bits per heavy atom. The van der Waals surface area contributed by atoms with Gasteiger partial charge in [0.2, 0.25) is 5.91 Å². The number of nitrogens with zero attached hydrogens (tertiary/aromatic N) is 1. The monoisotopic (exact) mass is 276 g/mol. The summed E-state index contributed by atoms with van der Waals surface area (Å²) in [6.45, 7) is 2.77. The molecule has 0 bridgehead atoms. The Morgan fingerprint density at radius 3 is 2.80 bits per heavy atom. The zero-order valence-electron chi connectivity index (χ0n) is 11.9. The van der Waals surface area contributed by atoms with Crippen molar-refractivity contribution in [1.82, 2.24) is 10.2 Å². The van der Waals surface area contributed by atoms with E-state index >= 15 is 0 Å². The quantitative estimate of drug-likeness (QED) is 0.836. The van der Waals surface area contributed by atoms with Crippen LogP contribution in [0.3, 0.4) is 0 Å². The lowest BCUT2D eigenvalue weighted by molar-refractivity contribution is -0.120. The van der Waals surface area contributed by atoms with E-state index in [1.165, 1.54) is 17.7 Å². The van der Waals surface area contributed by atoms with E-state index in [9.17, 15) is 9.18 Å². The Labute approximate surface area is 119 Å². The van der Waals surface area contributed by atoms with Crippen molar-refractivity contribution in [2.75, 3.05) is 26.7 Å². The Bertz CT molecular complexity index is 482. The van der Waals surface area contributed by atoms with Crippen molar-refractivity contribution in [3.8, 4) is 0 Å². The number of hydrogen-bond acceptors (Lipinski definition) is 2. The molecule has 0 fully saturated rings. The van der Waals surface area contributed by atoms with Gasteiger partial charge in [-0.1, -0.05) is 23.8 Å². The van der Waals surface area contributed by atoms with Crippen LogP contribution < -0.4 is 5.32 Å². The SMILES string of the molecule is CN1CCC=C(CCNC(=O)Cc2ccc(F)cc2)C1. The van der Waals surface area contributed by atoms with Crippen LogP contribution in [0.15, 0.2) is 35.9 Å². The summed E-state index contributed by atoms with van der Waals surface area (Å²) in [5, 5.41) is 2.92. The normalized spacial score (nSPS) is 15.8. The second kappa shape index (κ2) is 7.20. The standard InChI is InChI=1S/C16H21FN2O/c1-19-10-2-3-14(12-19)8-9-18-16(20)11-13-4-6-15(17)7-5-13/h3-7H,2,8-12H2,1H3,(H,18,20). The number of amides is 1. The first-order valence-corrected chi connectivity index (χ1v) is 7.01. The maximum atomic E-state index is 12.8. The number of hydrogen-bond donors (Lipinski definition) is 1. The molecule has 4 heteroatoms. The highest BCUT2D eigenvalue weighted by atomic mass is 19.1. The molecular formula is C16H21FN2O. The number of carbonyl (C=O) groups excluding carboxylic acids is 1. The molecule has 0 saturated heterocycles. The summed E-state index contributed by atoms with van der Waals surface area (Å²) in [4.78, 5) is 14.1. The first-order chi connectivity index (χ1) is 9.63. The molecule has 1 amide bonds. The topological polar surface area (TPSA) is 32.3 Å². The molecular weight excluding hydrogens is 255 g/mol. The van der Waals surface area contributed by atoms with Crippen LogP contribution in [0.4, 0.5) is 4.39 Å². The van der Waals surface area contributed by atoms with E-state index in [2.05, 4.69) is 23.3 Å². The van der Waals surface area contributed by atoms with Crippen molar-refractivity contribution in [1.29, 1.82) is 0 Å². The molecule has 0 aromatic heterocycles. The average Bonchev–Trinajstić information content (AvgIpc) is 2.41. The molecule has 108 valence electrons. The van der Waals surface area contributed by atoms with E-state index in [4.69, 9.17) is 0 Å². The number of halogens is 1. The molecule has 1 aromatic rings. The summed E-state index contributed by atoms with van der Waals surface area (Å²) >= 11 is 0. The highest BCUT2D eigenvalue weighted by Gasteiger charge is 2.09. The maximum absolute atomic E-state index is 12.8. The maximum Gasteiger partial charge on any atom is 0.224 e. The summed E-state index contributed by atoms with van der Waals surface area (Å²) in [7, 11) is 2.11. The van der Waals surface area contributed by atoms with Gasteiger partial charge in [-0.2, -0.15) is 0 Å². The van der Waals surface area contributed by atoms with Crippen molar-refractivity contribution < 1.29 is 9.18 Å². The van der Waals surface area contributed by atoms with Crippen molar-refractivity contribution in [2.24, 2.45) is 0 Å². The summed E-state index contributed by atoms with van der Waals surface area (Å²) in [5.74, 6) is -0.288. The first-order valence-electron chi connectivity index (χ1n) is 7.01. The summed E-state index contributed by atoms with van der Waals surface area (Å²) in [6, 6.07) is 6.05. The molecule has 3 nitrogen and oxygen atoms in total. The van der Waals surface area contributed by atoms with Crippen LogP contribution in [-0.4, -0.2) is 37.5 Å². The van der Waals surface area contributed by atoms with Crippen molar-refractivity contribution in [2.45, 2.75) is 19.3 Å². The minimum absolute atomic E-state index is 0.0126. The second-order valence-corrected chi connectivity index (χ2v) is 5.29. The van der Waals surface area contributed by atoms with Gasteiger partial charge in [0.25, 0.3) is 0 Å². The number of benzene rings is 1. The Morgan fingerprint density at radius 2 is 2.10 bits per heavy atom. The fourth-order valence-electron chi connectivity index (χ4n) is 2.37. The van der Waals surface area contributed by atoms with E-state index in [0.717, 1.165) is 31.5 Å². The third kappa shape index (κ3) is 4.78. The van der Waals surface area contributed by atoms with Gasteiger partial charge < -0.3 is 10.2 Å². The van der Waals surface area contributed by atoms with E-state index in [1.54, 1.807) is 12.1 Å². The van der Waals surface area contributed by atoms with Gasteiger partial charge in [-0.25, -0.2) is 4.39 Å². The molecule has 20 heavy (non-hydrogen) atoms. The van der Waals surface area contributed by atoms with E-state index in [0.29, 0.717) is 13.0 Å². The van der Waals surface area contributed by atoms with Gasteiger partial charge in [-0.3, -0.25) is 4.79 Å². The van der Waals surface area contributed by atoms with Gasteiger partial charge in [0.1, 0.15) is 5.82 Å². The summed E-state index contributed by atoms with van der Waals surface area (Å²) < 4.78 is 12.8. The molecule has 0 radical (unpaired) electrons. The summed E-state index contributed by atoms with van der Waals surface area (Å²) in [6.07, 6.45) is 4.57. The number of nitrogens with one attached hydrogen (secondary N) is 1. The molecule has 0 unspecified atom stereocenters. The van der Waals surface area contributed by atoms with Gasteiger partial charge in [0.15, 0.2) is 0 Å². The van der Waals surface area contributed by atoms with Gasteiger partial charge in [0.05, 0.1) is 6.42 Å². The van der Waals surface area contributed by atoms with Gasteiger partial charge in [0, 0.05) is 19.6 Å². The number of carbonyl (C=O) groups is 1. The lowest BCUT2D eigenvalue weighted by atomic mass is 10.1. The molecule has 0 aliphatic carbocycles. The predicted octanol–water partition coefficient (Wildman–Crippen LogP) is 2.14. The van der Waals surface area contributed by atoms with E-state index in [-0.39, 0.29) is 11.7 Å². The highest BCUT2D eigenvalue weighted by Crippen LogP contribution is 2.10. The van der Waals surface area contributed by atoms with Crippen molar-refractivity contribution in [3.05, 3.63) is 47.3 Å². The summed E-state index contributed by atoms with van der Waals surface area (Å²) in [5.41, 5.74) is 2.22. The van der Waals surface area contributed by atoms with Crippen LogP contribution in [0.25, 0.3) is 0 Å². The van der Waals surface area contributed by atoms with Gasteiger partial charge in [-0.05, 0) is 37.6 Å². The minimum Gasteiger partial charge on any atom is -0.355 e. The van der Waals surface area contributed by atoms with Crippen LogP contribution in [0.1, 0.15) is 18.4 Å². The van der Waals surface area contributed by atoms with Gasteiger partial charge >= 0.3 is 0 Å². The molecule has 1 aliphatic heterocycles. The lowest BCUT2D eigenvalue weighted by Crippen LogP contribution is -2.29. The minimum atomic E-state index is -0.275. The molecule has 1 heterocycles. The first kappa shape index (κ1) is 14.7. The van der Waals surface area contributed by atoms with Crippen molar-refractivity contribution >= 4 is 5.91 Å². The second-order valence-electron chi connectivity index (χ2n) is 5.29. The zero-order chi connectivity index (χ0) is 14.4. The molecule has 2 rings (SSSR count). The van der Waals surface area contributed by atoms with Crippen LogP contribution in [0.2, 0.25) is 0 Å². The Balaban J connectivity index is 1.70. The molecule has 1 aromatic carbocycles. The van der Waals surface area contributed by atoms with Crippen LogP contribution in [-0.2, 0) is 11.2 Å². The lowest BCUT2D eigenvalue weighted by Gasteiger charge is -2.22. The van der Waals surface area contributed by atoms with Gasteiger partial charge in [-0.15, -0.1) is 0 Å². The average molecular weight is 276 g/mol. The predicted molar refractivity (Wildman–Crippen MR) is 77.9 cm³/mol. The fourth-order valence-corrected chi connectivity index (χ4v) is 2.37. The molecule has 0 spiro atoms. The molecule has 0 saturated carbocycles. The third-order valence-corrected chi connectivity index (χ3v) is 3.46. The zero-order valence-corrected chi connectivity index (χ0v) is 11.9. The Kier molecular flexibility index (Phi) is 5.30.